The molecule has 1 unspecified atom stereocenters. The van der Waals surface area contributed by atoms with Gasteiger partial charge in [0.1, 0.15) is 5.60 Å². The van der Waals surface area contributed by atoms with Crippen LogP contribution in [-0.2, 0) is 14.2 Å². The van der Waals surface area contributed by atoms with Gasteiger partial charge in [0.05, 0.1) is 11.7 Å². The third-order valence-corrected chi connectivity index (χ3v) is 4.20. The van der Waals surface area contributed by atoms with Gasteiger partial charge in [-0.3, -0.25) is 0 Å². The van der Waals surface area contributed by atoms with Crippen molar-refractivity contribution < 1.29 is 24.1 Å². The number of fused-ring (bicyclic) bond motifs is 1. The lowest BCUT2D eigenvalue weighted by molar-refractivity contribution is -0.207. The fraction of sp³-hybridized carbons (Fsp3) is 0.562. The molecule has 1 aromatic carbocycles. The summed E-state index contributed by atoms with van der Waals surface area (Å²) in [6.45, 7) is 7.52. The van der Waals surface area contributed by atoms with E-state index in [1.807, 2.05) is 33.8 Å². The number of hydrogen-bond acceptors (Lipinski definition) is 4. The zero-order valence-corrected chi connectivity index (χ0v) is 12.7. The van der Waals surface area contributed by atoms with Gasteiger partial charge in [0.25, 0.3) is 0 Å². The highest BCUT2D eigenvalue weighted by atomic mass is 16.8. The molecule has 0 amide bonds. The van der Waals surface area contributed by atoms with Gasteiger partial charge in [0.2, 0.25) is 0 Å². The van der Waals surface area contributed by atoms with E-state index in [0.717, 1.165) is 11.1 Å². The molecule has 3 rings (SSSR count). The summed E-state index contributed by atoms with van der Waals surface area (Å²) in [5.41, 5.74) is 1.42. The Hall–Kier alpha value is -1.43. The third-order valence-electron chi connectivity index (χ3n) is 4.20. The van der Waals surface area contributed by atoms with Gasteiger partial charge >= 0.3 is 5.97 Å². The summed E-state index contributed by atoms with van der Waals surface area (Å²) in [7, 11) is 0. The Morgan fingerprint density at radius 2 is 2.05 bits per heavy atom. The average molecular weight is 292 g/mol. The highest BCUT2D eigenvalue weighted by Gasteiger charge is 2.57. The number of carboxylic acids is 1. The van der Waals surface area contributed by atoms with Crippen molar-refractivity contribution in [2.24, 2.45) is 0 Å². The molecule has 1 N–H and O–H groups in total. The van der Waals surface area contributed by atoms with Gasteiger partial charge in [0.15, 0.2) is 12.1 Å². The van der Waals surface area contributed by atoms with E-state index in [4.69, 9.17) is 14.2 Å². The zero-order chi connectivity index (χ0) is 15.4. The van der Waals surface area contributed by atoms with E-state index in [1.54, 1.807) is 12.1 Å². The van der Waals surface area contributed by atoms with Crippen molar-refractivity contribution in [3.63, 3.8) is 0 Å². The molecule has 0 bridgehead atoms. The van der Waals surface area contributed by atoms with Crippen LogP contribution in [0.2, 0.25) is 0 Å². The van der Waals surface area contributed by atoms with Crippen LogP contribution in [0.25, 0.3) is 0 Å². The summed E-state index contributed by atoms with van der Waals surface area (Å²) in [5, 5.41) is 9.22. The van der Waals surface area contributed by atoms with Crippen molar-refractivity contribution in [3.8, 4) is 0 Å². The van der Waals surface area contributed by atoms with Gasteiger partial charge in [-0.2, -0.15) is 0 Å². The fourth-order valence-electron chi connectivity index (χ4n) is 3.31. The van der Waals surface area contributed by atoms with Crippen LogP contribution in [0.3, 0.4) is 0 Å². The number of benzene rings is 1. The molecule has 2 aliphatic rings. The fourth-order valence-corrected chi connectivity index (χ4v) is 3.31. The van der Waals surface area contributed by atoms with E-state index in [9.17, 15) is 9.90 Å². The second kappa shape index (κ2) is 4.53. The maximum Gasteiger partial charge on any atom is 0.335 e. The molecule has 0 aliphatic carbocycles. The van der Waals surface area contributed by atoms with E-state index in [2.05, 4.69) is 0 Å². The summed E-state index contributed by atoms with van der Waals surface area (Å²) in [5.74, 6) is -1.57. The summed E-state index contributed by atoms with van der Waals surface area (Å²) in [6, 6.07) is 5.26. The van der Waals surface area contributed by atoms with Gasteiger partial charge in [-0.25, -0.2) is 4.79 Å². The second-order valence-electron chi connectivity index (χ2n) is 6.42. The van der Waals surface area contributed by atoms with E-state index in [0.29, 0.717) is 12.0 Å². The number of ether oxygens (including phenoxy) is 3. The summed E-state index contributed by atoms with van der Waals surface area (Å²) in [6.07, 6.45) is 0.00570. The number of rotatable bonds is 2. The molecule has 0 aromatic heterocycles. The molecule has 2 saturated heterocycles. The molecule has 5 heteroatoms. The quantitative estimate of drug-likeness (QED) is 0.907. The van der Waals surface area contributed by atoms with E-state index < -0.39 is 23.6 Å². The van der Waals surface area contributed by atoms with Crippen molar-refractivity contribution in [1.29, 1.82) is 0 Å². The van der Waals surface area contributed by atoms with Crippen molar-refractivity contribution in [1.82, 2.24) is 0 Å². The first-order valence-electron chi connectivity index (χ1n) is 7.08. The number of carboxylic acid groups (broad SMARTS) is 1. The minimum absolute atomic E-state index is 0.213. The molecule has 2 fully saturated rings. The van der Waals surface area contributed by atoms with E-state index in [-0.39, 0.29) is 6.10 Å². The molecule has 21 heavy (non-hydrogen) atoms. The number of hydrogen-bond donors (Lipinski definition) is 1. The third kappa shape index (κ3) is 2.35. The first kappa shape index (κ1) is 14.5. The molecule has 5 nitrogen and oxygen atoms in total. The molecule has 0 saturated carbocycles. The van der Waals surface area contributed by atoms with E-state index in [1.165, 1.54) is 0 Å². The molecule has 1 aromatic rings. The number of aromatic carboxylic acids is 1. The Morgan fingerprint density at radius 1 is 1.33 bits per heavy atom. The second-order valence-corrected chi connectivity index (χ2v) is 6.42. The summed E-state index contributed by atoms with van der Waals surface area (Å²) < 4.78 is 17.7. The molecular weight excluding hydrogens is 272 g/mol. The minimum Gasteiger partial charge on any atom is -0.478 e. The Morgan fingerprint density at radius 3 is 2.67 bits per heavy atom. The van der Waals surface area contributed by atoms with Gasteiger partial charge < -0.3 is 19.3 Å². The molecule has 114 valence electrons. The van der Waals surface area contributed by atoms with Crippen LogP contribution in [0.5, 0.6) is 0 Å². The molecule has 2 aliphatic heterocycles. The van der Waals surface area contributed by atoms with Crippen LogP contribution in [0.4, 0.5) is 0 Å². The summed E-state index contributed by atoms with van der Waals surface area (Å²) in [4.78, 5) is 11.2. The van der Waals surface area contributed by atoms with Crippen molar-refractivity contribution >= 4 is 5.97 Å². The van der Waals surface area contributed by atoms with Crippen LogP contribution in [0.1, 0.15) is 54.8 Å². The lowest BCUT2D eigenvalue weighted by atomic mass is 9.93. The van der Waals surface area contributed by atoms with Crippen LogP contribution in [0.15, 0.2) is 18.2 Å². The zero-order valence-electron chi connectivity index (χ0n) is 12.7. The molecular formula is C16H20O5. The van der Waals surface area contributed by atoms with Crippen LogP contribution >= 0.6 is 0 Å². The van der Waals surface area contributed by atoms with Crippen molar-refractivity contribution in [2.75, 3.05) is 0 Å². The highest BCUT2D eigenvalue weighted by molar-refractivity contribution is 5.89. The van der Waals surface area contributed by atoms with E-state index >= 15 is 0 Å². The van der Waals surface area contributed by atoms with Crippen LogP contribution in [0, 0.1) is 6.92 Å². The Bertz CT molecular complexity index is 594. The van der Waals surface area contributed by atoms with Crippen LogP contribution < -0.4 is 0 Å². The van der Waals surface area contributed by atoms with Gasteiger partial charge in [-0.15, -0.1) is 0 Å². The topological polar surface area (TPSA) is 65.0 Å². The minimum atomic E-state index is -0.924. The standard InChI is InChI=1S/C16H20O5/c1-9-10(6-5-7-11(9)13(17)18)12-8-16(4)14(19-12)20-15(2,3)21-16/h5-7,12,14H,8H2,1-4H3,(H,17,18)/t12-,14?,16+/m0/s1. The predicted octanol–water partition coefficient (Wildman–Crippen LogP) is 3.02. The Kier molecular flexibility index (Phi) is 3.13. The molecule has 2 heterocycles. The van der Waals surface area contributed by atoms with Gasteiger partial charge in [-0.05, 0) is 44.9 Å². The van der Waals surface area contributed by atoms with Crippen molar-refractivity contribution in [3.05, 3.63) is 34.9 Å². The SMILES string of the molecule is Cc1c(C(=O)O)cccc1[C@@H]1C[C@@]2(C)OC(C)(C)OC2O1. The molecule has 0 radical (unpaired) electrons. The predicted molar refractivity (Wildman–Crippen MR) is 75.0 cm³/mol. The maximum atomic E-state index is 11.2. The summed E-state index contributed by atoms with van der Waals surface area (Å²) >= 11 is 0. The first-order valence-corrected chi connectivity index (χ1v) is 7.08. The smallest absolute Gasteiger partial charge is 0.335 e. The lowest BCUT2D eigenvalue weighted by Crippen LogP contribution is -2.32. The Balaban J connectivity index is 1.89. The first-order chi connectivity index (χ1) is 9.72. The normalized spacial score (nSPS) is 33.9. The number of carbonyl (C=O) groups is 1. The van der Waals surface area contributed by atoms with Gasteiger partial charge in [0, 0.05) is 6.42 Å². The average Bonchev–Trinajstić information content (AvgIpc) is 2.75. The highest BCUT2D eigenvalue weighted by Crippen LogP contribution is 2.50. The maximum absolute atomic E-state index is 11.2. The molecule has 0 spiro atoms. The Labute approximate surface area is 123 Å². The largest absolute Gasteiger partial charge is 0.478 e. The van der Waals surface area contributed by atoms with Crippen molar-refractivity contribution in [2.45, 2.75) is 57.9 Å². The van der Waals surface area contributed by atoms with Crippen LogP contribution in [-0.4, -0.2) is 28.8 Å². The molecule has 3 atom stereocenters. The van der Waals surface area contributed by atoms with Gasteiger partial charge in [-0.1, -0.05) is 12.1 Å². The monoisotopic (exact) mass is 292 g/mol. The lowest BCUT2D eigenvalue weighted by Gasteiger charge is -2.24.